The van der Waals surface area contributed by atoms with Crippen molar-refractivity contribution in [2.45, 2.75) is 238 Å². The van der Waals surface area contributed by atoms with E-state index in [1.165, 1.54) is 77.0 Å². The van der Waals surface area contributed by atoms with Crippen LogP contribution in [0.15, 0.2) is 85.1 Å². The minimum absolute atomic E-state index is 0.0274. The Hall–Kier alpha value is -2.96. The molecular weight excluding hydrogens is 743 g/mol. The summed E-state index contributed by atoms with van der Waals surface area (Å²) in [4.78, 5) is 26.1. The van der Waals surface area contributed by atoms with Gasteiger partial charge in [-0.05, 0) is 83.5 Å². The van der Waals surface area contributed by atoms with Crippen molar-refractivity contribution in [1.82, 2.24) is 5.32 Å². The Morgan fingerprint density at radius 1 is 0.517 bits per heavy atom. The number of carbonyl (C=O) groups is 2. The van der Waals surface area contributed by atoms with E-state index in [1.807, 2.05) is 0 Å². The number of aliphatic hydroxyl groups excluding tert-OH is 2. The van der Waals surface area contributed by atoms with Crippen LogP contribution in [0.1, 0.15) is 220 Å². The molecule has 60 heavy (non-hydrogen) atoms. The van der Waals surface area contributed by atoms with Gasteiger partial charge in [-0.3, -0.25) is 9.59 Å². The number of rotatable bonds is 43. The monoisotopic (exact) mass is 836 g/mol. The van der Waals surface area contributed by atoms with Gasteiger partial charge in [0.15, 0.2) is 0 Å². The summed E-state index contributed by atoms with van der Waals surface area (Å²) in [6.45, 7) is 6.28. The van der Waals surface area contributed by atoms with Gasteiger partial charge in [0.25, 0.3) is 0 Å². The smallest absolute Gasteiger partial charge is 0.306 e. The molecule has 0 aliphatic rings. The first kappa shape index (κ1) is 57.0. The van der Waals surface area contributed by atoms with E-state index in [0.717, 1.165) is 96.3 Å². The van der Waals surface area contributed by atoms with Crippen LogP contribution in [0.25, 0.3) is 0 Å². The molecule has 0 saturated heterocycles. The molecule has 0 fully saturated rings. The molecule has 0 aromatic heterocycles. The molecule has 1 amide bonds. The van der Waals surface area contributed by atoms with E-state index in [1.54, 1.807) is 0 Å². The summed E-state index contributed by atoms with van der Waals surface area (Å²) in [5.41, 5.74) is 0. The highest BCUT2D eigenvalue weighted by atomic mass is 16.5. The van der Waals surface area contributed by atoms with Gasteiger partial charge in [0, 0.05) is 6.42 Å². The van der Waals surface area contributed by atoms with Gasteiger partial charge in [-0.15, -0.1) is 0 Å². The highest BCUT2D eigenvalue weighted by Gasteiger charge is 2.24. The van der Waals surface area contributed by atoms with E-state index >= 15 is 0 Å². The standard InChI is InChI=1S/C54H93NO5/c1-4-7-10-13-16-19-22-24-25-26-27-29-31-33-36-39-42-45-50(60-54(59)47-44-41-38-35-32-28-23-20-17-14-11-8-5-2)48-53(58)55-51(49-56)52(57)46-43-40-37-34-30-21-18-15-12-9-6-3/h8,11,14,16-17,19-20,23-25,27,29,33,36,50-52,56-57H,4-7,9-10,12-13,15,18,21-22,26,28,30-32,34-35,37-49H2,1-3H3,(H,55,58)/b11-8+,17-14+,19-16-,23-20-,25-24-,29-27-,36-33-. The Bertz CT molecular complexity index is 1160. The molecule has 0 heterocycles. The van der Waals surface area contributed by atoms with Crippen LogP contribution in [0.3, 0.4) is 0 Å². The lowest BCUT2D eigenvalue weighted by atomic mass is 10.0. The lowest BCUT2D eigenvalue weighted by molar-refractivity contribution is -0.151. The van der Waals surface area contributed by atoms with Crippen LogP contribution in [0.4, 0.5) is 0 Å². The summed E-state index contributed by atoms with van der Waals surface area (Å²) in [6.07, 6.45) is 60.7. The zero-order valence-electron chi connectivity index (χ0n) is 39.1. The minimum atomic E-state index is -0.809. The molecule has 3 atom stereocenters. The average Bonchev–Trinajstić information content (AvgIpc) is 3.24. The maximum Gasteiger partial charge on any atom is 0.306 e. The molecule has 0 aliphatic heterocycles. The number of amides is 1. The lowest BCUT2D eigenvalue weighted by Crippen LogP contribution is -2.46. The Morgan fingerprint density at radius 3 is 1.57 bits per heavy atom. The molecule has 6 heteroatoms. The first-order valence-corrected chi connectivity index (χ1v) is 24.8. The van der Waals surface area contributed by atoms with Crippen LogP contribution in [0.5, 0.6) is 0 Å². The van der Waals surface area contributed by atoms with Crippen LogP contribution >= 0.6 is 0 Å². The molecule has 0 saturated carbocycles. The van der Waals surface area contributed by atoms with Crippen molar-refractivity contribution in [3.05, 3.63) is 85.1 Å². The highest BCUT2D eigenvalue weighted by Crippen LogP contribution is 2.16. The lowest BCUT2D eigenvalue weighted by Gasteiger charge is -2.24. The zero-order valence-corrected chi connectivity index (χ0v) is 39.1. The second-order valence-electron chi connectivity index (χ2n) is 16.5. The number of hydrogen-bond acceptors (Lipinski definition) is 5. The van der Waals surface area contributed by atoms with E-state index in [0.29, 0.717) is 19.3 Å². The molecule has 3 N–H and O–H groups in total. The molecule has 344 valence electrons. The fraction of sp³-hybridized carbons (Fsp3) is 0.704. The Balaban J connectivity index is 4.76. The number of aliphatic hydroxyl groups is 2. The molecule has 6 nitrogen and oxygen atoms in total. The minimum Gasteiger partial charge on any atom is -0.462 e. The maximum absolute atomic E-state index is 13.2. The van der Waals surface area contributed by atoms with Crippen LogP contribution in [-0.2, 0) is 14.3 Å². The van der Waals surface area contributed by atoms with Gasteiger partial charge < -0.3 is 20.3 Å². The molecule has 0 radical (unpaired) electrons. The van der Waals surface area contributed by atoms with Gasteiger partial charge >= 0.3 is 5.97 Å². The first-order valence-electron chi connectivity index (χ1n) is 24.8. The van der Waals surface area contributed by atoms with Crippen molar-refractivity contribution < 1.29 is 24.5 Å². The third-order valence-electron chi connectivity index (χ3n) is 10.8. The normalized spacial score (nSPS) is 14.0. The van der Waals surface area contributed by atoms with Crippen LogP contribution in [0, 0.1) is 0 Å². The SMILES string of the molecule is CC/C=C/C=C/C=C\CCCCCCCC(=O)OC(CCC/C=C\C/C=C\C/C=C\C/C=C\CCCCC)CC(=O)NC(CO)C(O)CCCCCCCCCCCCC. The van der Waals surface area contributed by atoms with Gasteiger partial charge in [-0.1, -0.05) is 209 Å². The van der Waals surface area contributed by atoms with Gasteiger partial charge in [-0.2, -0.15) is 0 Å². The largest absolute Gasteiger partial charge is 0.462 e. The van der Waals surface area contributed by atoms with E-state index in [-0.39, 0.29) is 24.9 Å². The van der Waals surface area contributed by atoms with E-state index < -0.39 is 18.2 Å². The van der Waals surface area contributed by atoms with Crippen molar-refractivity contribution in [2.24, 2.45) is 0 Å². The van der Waals surface area contributed by atoms with Crippen LogP contribution in [0.2, 0.25) is 0 Å². The molecule has 0 aromatic rings. The second-order valence-corrected chi connectivity index (χ2v) is 16.5. The molecule has 0 bridgehead atoms. The number of hydrogen-bond donors (Lipinski definition) is 3. The predicted molar refractivity (Wildman–Crippen MR) is 259 cm³/mol. The maximum atomic E-state index is 13.2. The summed E-state index contributed by atoms with van der Waals surface area (Å²) < 4.78 is 5.89. The van der Waals surface area contributed by atoms with Crippen molar-refractivity contribution in [3.63, 3.8) is 0 Å². The molecular formula is C54H93NO5. The van der Waals surface area contributed by atoms with Crippen molar-refractivity contribution in [1.29, 1.82) is 0 Å². The third kappa shape index (κ3) is 41.8. The fourth-order valence-corrected chi connectivity index (χ4v) is 7.01. The predicted octanol–water partition coefficient (Wildman–Crippen LogP) is 14.8. The Morgan fingerprint density at radius 2 is 0.983 bits per heavy atom. The molecule has 0 rings (SSSR count). The summed E-state index contributed by atoms with van der Waals surface area (Å²) >= 11 is 0. The van der Waals surface area contributed by atoms with Crippen molar-refractivity contribution in [3.8, 4) is 0 Å². The zero-order chi connectivity index (χ0) is 43.8. The summed E-state index contributed by atoms with van der Waals surface area (Å²) in [7, 11) is 0. The van der Waals surface area contributed by atoms with E-state index in [4.69, 9.17) is 4.74 Å². The van der Waals surface area contributed by atoms with Gasteiger partial charge in [-0.25, -0.2) is 0 Å². The molecule has 0 aliphatic carbocycles. The first-order chi connectivity index (χ1) is 29.5. The number of esters is 1. The van der Waals surface area contributed by atoms with Crippen LogP contribution in [-0.4, -0.2) is 46.9 Å². The number of nitrogens with one attached hydrogen (secondary N) is 1. The second kappa shape index (κ2) is 47.1. The molecule has 0 aromatic carbocycles. The fourth-order valence-electron chi connectivity index (χ4n) is 7.01. The van der Waals surface area contributed by atoms with E-state index in [9.17, 15) is 19.8 Å². The topological polar surface area (TPSA) is 95.9 Å². The Labute approximate surface area is 370 Å². The van der Waals surface area contributed by atoms with Crippen molar-refractivity contribution in [2.75, 3.05) is 6.61 Å². The van der Waals surface area contributed by atoms with Crippen molar-refractivity contribution >= 4 is 11.9 Å². The third-order valence-corrected chi connectivity index (χ3v) is 10.8. The number of unbranched alkanes of at least 4 members (excludes halogenated alkanes) is 19. The summed E-state index contributed by atoms with van der Waals surface area (Å²) in [5, 5.41) is 23.7. The summed E-state index contributed by atoms with van der Waals surface area (Å²) in [6, 6.07) is -0.726. The number of ether oxygens (including phenoxy) is 1. The number of carbonyl (C=O) groups excluding carboxylic acids is 2. The van der Waals surface area contributed by atoms with Gasteiger partial charge in [0.05, 0.1) is 25.2 Å². The van der Waals surface area contributed by atoms with Gasteiger partial charge in [0.2, 0.25) is 5.91 Å². The average molecular weight is 836 g/mol. The highest BCUT2D eigenvalue weighted by molar-refractivity contribution is 5.77. The van der Waals surface area contributed by atoms with Crippen LogP contribution < -0.4 is 5.32 Å². The summed E-state index contributed by atoms with van der Waals surface area (Å²) in [5.74, 6) is -0.558. The van der Waals surface area contributed by atoms with Gasteiger partial charge in [0.1, 0.15) is 6.10 Å². The molecule has 0 spiro atoms. The quantitative estimate of drug-likeness (QED) is 0.0246. The molecule has 3 unspecified atom stereocenters. The Kier molecular flexibility index (Phi) is 44.8. The van der Waals surface area contributed by atoms with E-state index in [2.05, 4.69) is 111 Å². The number of allylic oxidation sites excluding steroid dienone is 14.